The second-order valence-corrected chi connectivity index (χ2v) is 4.89. The van der Waals surface area contributed by atoms with Gasteiger partial charge in [0.25, 0.3) is 0 Å². The summed E-state index contributed by atoms with van der Waals surface area (Å²) in [5.41, 5.74) is 2.32. The summed E-state index contributed by atoms with van der Waals surface area (Å²) in [5.74, 6) is 0.343. The SMILES string of the molecule is C=CCO/C(C=C)=C(/C=C)C(=O)Cc1ccc(Cl)cc1C. The van der Waals surface area contributed by atoms with Crippen molar-refractivity contribution in [2.75, 3.05) is 6.61 Å². The minimum Gasteiger partial charge on any atom is -0.489 e. The van der Waals surface area contributed by atoms with E-state index in [4.69, 9.17) is 16.3 Å². The van der Waals surface area contributed by atoms with Crippen LogP contribution in [-0.4, -0.2) is 12.4 Å². The van der Waals surface area contributed by atoms with Gasteiger partial charge in [0.2, 0.25) is 0 Å². The molecule has 0 aliphatic heterocycles. The van der Waals surface area contributed by atoms with Crippen molar-refractivity contribution in [1.29, 1.82) is 0 Å². The summed E-state index contributed by atoms with van der Waals surface area (Å²) in [6, 6.07) is 5.47. The number of hydrogen-bond donors (Lipinski definition) is 0. The highest BCUT2D eigenvalue weighted by Gasteiger charge is 2.14. The van der Waals surface area contributed by atoms with Crippen LogP contribution in [0.1, 0.15) is 11.1 Å². The molecule has 0 saturated heterocycles. The lowest BCUT2D eigenvalue weighted by Gasteiger charge is -2.10. The van der Waals surface area contributed by atoms with Crippen molar-refractivity contribution in [3.05, 3.63) is 83.6 Å². The Morgan fingerprint density at radius 3 is 2.52 bits per heavy atom. The number of Topliss-reactive ketones (excluding diaryl/α,β-unsaturated/α-hetero) is 1. The van der Waals surface area contributed by atoms with Crippen LogP contribution in [0, 0.1) is 6.92 Å². The molecule has 1 aromatic rings. The number of carbonyl (C=O) groups excluding carboxylic acids is 1. The van der Waals surface area contributed by atoms with E-state index in [9.17, 15) is 4.79 Å². The zero-order valence-electron chi connectivity index (χ0n) is 12.2. The van der Waals surface area contributed by atoms with Crippen LogP contribution in [0.15, 0.2) is 67.5 Å². The first kappa shape index (κ1) is 17.0. The molecule has 1 rings (SSSR count). The molecule has 0 atom stereocenters. The zero-order chi connectivity index (χ0) is 15.8. The normalized spacial score (nSPS) is 11.3. The fourth-order valence-corrected chi connectivity index (χ4v) is 2.10. The average molecular weight is 303 g/mol. The smallest absolute Gasteiger partial charge is 0.170 e. The molecule has 0 fully saturated rings. The molecule has 3 heteroatoms. The Bertz CT molecular complexity index is 597. The van der Waals surface area contributed by atoms with Crippen molar-refractivity contribution in [2.45, 2.75) is 13.3 Å². The number of halogens is 1. The van der Waals surface area contributed by atoms with Crippen molar-refractivity contribution in [2.24, 2.45) is 0 Å². The number of benzene rings is 1. The van der Waals surface area contributed by atoms with E-state index in [2.05, 4.69) is 19.7 Å². The highest BCUT2D eigenvalue weighted by atomic mass is 35.5. The molecule has 1 aromatic carbocycles. The Kier molecular flexibility index (Phi) is 6.70. The number of ether oxygens (including phenoxy) is 1. The van der Waals surface area contributed by atoms with Gasteiger partial charge in [-0.15, -0.1) is 0 Å². The molecule has 0 N–H and O–H groups in total. The second kappa shape index (κ2) is 8.28. The Labute approximate surface area is 131 Å². The van der Waals surface area contributed by atoms with E-state index < -0.39 is 0 Å². The van der Waals surface area contributed by atoms with Crippen LogP contribution in [0.2, 0.25) is 5.02 Å². The summed E-state index contributed by atoms with van der Waals surface area (Å²) in [6.45, 7) is 13.2. The summed E-state index contributed by atoms with van der Waals surface area (Å²) < 4.78 is 5.43. The number of aryl methyl sites for hydroxylation is 1. The molecule has 0 bridgehead atoms. The summed E-state index contributed by atoms with van der Waals surface area (Å²) in [4.78, 5) is 12.4. The second-order valence-electron chi connectivity index (χ2n) is 4.46. The van der Waals surface area contributed by atoms with Crippen LogP contribution < -0.4 is 0 Å². The topological polar surface area (TPSA) is 26.3 Å². The monoisotopic (exact) mass is 302 g/mol. The number of carbonyl (C=O) groups is 1. The van der Waals surface area contributed by atoms with Gasteiger partial charge in [0, 0.05) is 11.4 Å². The predicted octanol–water partition coefficient (Wildman–Crippen LogP) is 4.59. The van der Waals surface area contributed by atoms with Crippen molar-refractivity contribution < 1.29 is 9.53 Å². The van der Waals surface area contributed by atoms with Crippen molar-refractivity contribution in [3.63, 3.8) is 0 Å². The standard InChI is InChI=1S/C18H19ClO2/c1-5-10-21-18(7-3)16(6-2)17(20)12-14-8-9-15(19)11-13(14)4/h5-9,11H,1-3,10,12H2,4H3/b18-16-. The lowest BCUT2D eigenvalue weighted by molar-refractivity contribution is -0.114. The Morgan fingerprint density at radius 2 is 2.00 bits per heavy atom. The molecule has 0 saturated carbocycles. The Morgan fingerprint density at radius 1 is 1.29 bits per heavy atom. The summed E-state index contributed by atoms with van der Waals surface area (Å²) in [6.07, 6.45) is 4.87. The maximum atomic E-state index is 12.4. The molecular formula is C18H19ClO2. The molecule has 0 unspecified atom stereocenters. The molecule has 0 amide bonds. The first-order valence-electron chi connectivity index (χ1n) is 6.54. The van der Waals surface area contributed by atoms with Crippen LogP contribution in [0.4, 0.5) is 0 Å². The molecule has 0 aliphatic rings. The van der Waals surface area contributed by atoms with Crippen molar-refractivity contribution >= 4 is 17.4 Å². The fourth-order valence-electron chi connectivity index (χ4n) is 1.87. The highest BCUT2D eigenvalue weighted by Crippen LogP contribution is 2.19. The summed E-state index contributed by atoms with van der Waals surface area (Å²) in [5, 5.41) is 0.657. The van der Waals surface area contributed by atoms with Gasteiger partial charge in [0.05, 0.1) is 5.57 Å². The van der Waals surface area contributed by atoms with Crippen LogP contribution >= 0.6 is 11.6 Å². The Hall–Kier alpha value is -2.06. The minimum atomic E-state index is -0.0746. The van der Waals surface area contributed by atoms with E-state index in [1.807, 2.05) is 19.1 Å². The third-order valence-corrected chi connectivity index (χ3v) is 3.20. The zero-order valence-corrected chi connectivity index (χ0v) is 13.0. The van der Waals surface area contributed by atoms with Gasteiger partial charge in [0.1, 0.15) is 12.4 Å². The maximum absolute atomic E-state index is 12.4. The Balaban J connectivity index is 3.02. The summed E-state index contributed by atoms with van der Waals surface area (Å²) >= 11 is 5.92. The lowest BCUT2D eigenvalue weighted by atomic mass is 9.98. The van der Waals surface area contributed by atoms with Crippen LogP contribution in [0.3, 0.4) is 0 Å². The quantitative estimate of drug-likeness (QED) is 0.304. The summed E-state index contributed by atoms with van der Waals surface area (Å²) in [7, 11) is 0. The van der Waals surface area contributed by atoms with E-state index in [0.717, 1.165) is 11.1 Å². The van der Waals surface area contributed by atoms with Gasteiger partial charge in [-0.1, -0.05) is 49.6 Å². The van der Waals surface area contributed by atoms with E-state index in [1.54, 1.807) is 12.1 Å². The first-order valence-corrected chi connectivity index (χ1v) is 6.92. The molecule has 0 radical (unpaired) electrons. The van der Waals surface area contributed by atoms with Gasteiger partial charge in [-0.05, 0) is 36.3 Å². The van der Waals surface area contributed by atoms with Crippen molar-refractivity contribution in [1.82, 2.24) is 0 Å². The number of allylic oxidation sites excluding steroid dienone is 3. The van der Waals surface area contributed by atoms with Gasteiger partial charge < -0.3 is 4.74 Å². The largest absolute Gasteiger partial charge is 0.489 e. The first-order chi connectivity index (χ1) is 10.0. The molecule has 21 heavy (non-hydrogen) atoms. The predicted molar refractivity (Wildman–Crippen MR) is 88.5 cm³/mol. The fraction of sp³-hybridized carbons (Fsp3) is 0.167. The van der Waals surface area contributed by atoms with Crippen LogP contribution in [0.5, 0.6) is 0 Å². The van der Waals surface area contributed by atoms with E-state index >= 15 is 0 Å². The van der Waals surface area contributed by atoms with E-state index in [-0.39, 0.29) is 12.2 Å². The van der Waals surface area contributed by atoms with Crippen LogP contribution in [-0.2, 0) is 16.0 Å². The van der Waals surface area contributed by atoms with Gasteiger partial charge in [-0.25, -0.2) is 0 Å². The molecule has 0 aromatic heterocycles. The van der Waals surface area contributed by atoms with E-state index in [1.165, 1.54) is 12.2 Å². The lowest BCUT2D eigenvalue weighted by Crippen LogP contribution is -2.09. The van der Waals surface area contributed by atoms with Gasteiger partial charge in [-0.2, -0.15) is 0 Å². The molecule has 110 valence electrons. The average Bonchev–Trinajstić information content (AvgIpc) is 2.46. The number of rotatable bonds is 8. The van der Waals surface area contributed by atoms with Gasteiger partial charge in [0.15, 0.2) is 5.78 Å². The third kappa shape index (κ3) is 4.76. The van der Waals surface area contributed by atoms with Crippen molar-refractivity contribution in [3.8, 4) is 0 Å². The van der Waals surface area contributed by atoms with Crippen LogP contribution in [0.25, 0.3) is 0 Å². The molecule has 2 nitrogen and oxygen atoms in total. The highest BCUT2D eigenvalue weighted by molar-refractivity contribution is 6.30. The molecule has 0 aliphatic carbocycles. The molecule has 0 heterocycles. The van der Waals surface area contributed by atoms with E-state index in [0.29, 0.717) is 23.0 Å². The number of ketones is 1. The third-order valence-electron chi connectivity index (χ3n) is 2.97. The minimum absolute atomic E-state index is 0.0746. The van der Waals surface area contributed by atoms with Gasteiger partial charge in [-0.3, -0.25) is 4.79 Å². The maximum Gasteiger partial charge on any atom is 0.170 e. The number of hydrogen-bond acceptors (Lipinski definition) is 2. The molecule has 0 spiro atoms. The molecular weight excluding hydrogens is 284 g/mol. The van der Waals surface area contributed by atoms with Gasteiger partial charge >= 0.3 is 0 Å².